The predicted octanol–water partition coefficient (Wildman–Crippen LogP) is 16.3. The smallest absolute Gasteiger partial charge is 0.0713 e. The standard InChI is InChI=1S/C61H44N2/c1-5-17-45(18-6-1)47-29-37-53(38-30-47)62(51-21-9-3-10-22-51)55-41-33-49(34-42-55)61(59-27-15-13-25-57(59)58-26-14-16-28-60(58)61)50-35-43-56(44-36-50)63(52-23-11-4-12-24-52)54-39-31-48(32-40-54)46-19-7-2-8-20-46/h1-44H/i3D,4D,9D,10D,11D,12D,21D,22D,23D,24D. The van der Waals surface area contributed by atoms with Crippen molar-refractivity contribution in [2.45, 2.75) is 5.41 Å². The van der Waals surface area contributed by atoms with Gasteiger partial charge in [-0.05, 0) is 128 Å². The predicted molar refractivity (Wildman–Crippen MR) is 264 cm³/mol. The summed E-state index contributed by atoms with van der Waals surface area (Å²) in [4.78, 5) is 3.44. The van der Waals surface area contributed by atoms with Crippen molar-refractivity contribution in [3.63, 3.8) is 0 Å². The molecular formula is C61H44N2. The lowest BCUT2D eigenvalue weighted by Crippen LogP contribution is -2.28. The van der Waals surface area contributed by atoms with Crippen LogP contribution in [0, 0.1) is 0 Å². The van der Waals surface area contributed by atoms with Crippen molar-refractivity contribution < 1.29 is 13.7 Å². The Balaban J connectivity index is 1.08. The van der Waals surface area contributed by atoms with Crippen molar-refractivity contribution >= 4 is 34.1 Å². The van der Waals surface area contributed by atoms with Crippen LogP contribution in [0.5, 0.6) is 0 Å². The zero-order valence-corrected chi connectivity index (χ0v) is 34.0. The van der Waals surface area contributed by atoms with E-state index in [9.17, 15) is 0 Å². The molecule has 0 aliphatic heterocycles. The van der Waals surface area contributed by atoms with Gasteiger partial charge in [0, 0.05) is 34.1 Å². The van der Waals surface area contributed by atoms with Gasteiger partial charge in [-0.2, -0.15) is 0 Å². The van der Waals surface area contributed by atoms with Crippen molar-refractivity contribution in [2.24, 2.45) is 0 Å². The van der Waals surface area contributed by atoms with E-state index in [0.717, 1.165) is 55.6 Å². The molecule has 1 aliphatic carbocycles. The maximum atomic E-state index is 9.12. The Morgan fingerprint density at radius 3 is 0.937 bits per heavy atom. The highest BCUT2D eigenvalue weighted by molar-refractivity contribution is 5.88. The summed E-state index contributed by atoms with van der Waals surface area (Å²) in [5, 5.41) is 0. The van der Waals surface area contributed by atoms with E-state index in [-0.39, 0.29) is 35.5 Å². The molecule has 0 radical (unpaired) electrons. The van der Waals surface area contributed by atoms with E-state index in [1.54, 1.807) is 9.80 Å². The minimum Gasteiger partial charge on any atom is -0.311 e. The normalized spacial score (nSPS) is 14.5. The maximum absolute atomic E-state index is 9.12. The molecule has 2 nitrogen and oxygen atoms in total. The second-order valence-electron chi connectivity index (χ2n) is 15.4. The molecule has 63 heavy (non-hydrogen) atoms. The molecule has 2 heteroatoms. The van der Waals surface area contributed by atoms with Crippen molar-refractivity contribution in [1.29, 1.82) is 0 Å². The van der Waals surface area contributed by atoms with Crippen LogP contribution in [0.4, 0.5) is 34.1 Å². The Kier molecular flexibility index (Phi) is 7.35. The number of nitrogens with zero attached hydrogens (tertiary/aromatic N) is 2. The first-order valence-electron chi connectivity index (χ1n) is 25.9. The molecule has 0 fully saturated rings. The van der Waals surface area contributed by atoms with E-state index in [4.69, 9.17) is 13.7 Å². The third-order valence-electron chi connectivity index (χ3n) is 12.0. The van der Waals surface area contributed by atoms with Crippen molar-refractivity contribution in [3.05, 3.63) is 289 Å². The van der Waals surface area contributed by atoms with E-state index in [0.29, 0.717) is 22.7 Å². The van der Waals surface area contributed by atoms with Gasteiger partial charge in [0.05, 0.1) is 19.1 Å². The van der Waals surface area contributed by atoms with E-state index in [1.165, 1.54) is 0 Å². The van der Waals surface area contributed by atoms with Crippen LogP contribution >= 0.6 is 0 Å². The minimum absolute atomic E-state index is 0.0199. The van der Waals surface area contributed by atoms with Crippen LogP contribution in [0.2, 0.25) is 0 Å². The molecule has 0 bridgehead atoms. The third kappa shape index (κ3) is 6.79. The van der Waals surface area contributed by atoms with Gasteiger partial charge in [0.15, 0.2) is 0 Å². The van der Waals surface area contributed by atoms with Crippen molar-refractivity contribution in [2.75, 3.05) is 9.80 Å². The number of hydrogen-bond donors (Lipinski definition) is 0. The van der Waals surface area contributed by atoms with Crippen LogP contribution < -0.4 is 9.80 Å². The second kappa shape index (κ2) is 16.3. The molecular weight excluding hydrogens is 761 g/mol. The molecule has 0 atom stereocenters. The Hall–Kier alpha value is -8.20. The van der Waals surface area contributed by atoms with Gasteiger partial charge >= 0.3 is 0 Å². The van der Waals surface area contributed by atoms with E-state index >= 15 is 0 Å². The van der Waals surface area contributed by atoms with Gasteiger partial charge in [-0.3, -0.25) is 0 Å². The van der Waals surface area contributed by atoms with Crippen LogP contribution in [0.25, 0.3) is 33.4 Å². The summed E-state index contributed by atoms with van der Waals surface area (Å²) in [5.41, 5.74) is 11.5. The number of fused-ring (bicyclic) bond motifs is 3. The lowest BCUT2D eigenvalue weighted by molar-refractivity contribution is 0.768. The molecule has 10 aromatic carbocycles. The van der Waals surface area contributed by atoms with Gasteiger partial charge in [-0.1, -0.05) is 194 Å². The van der Waals surface area contributed by atoms with Crippen LogP contribution in [0.3, 0.4) is 0 Å². The lowest BCUT2D eigenvalue weighted by atomic mass is 9.67. The Bertz CT molecular complexity index is 3410. The van der Waals surface area contributed by atoms with Gasteiger partial charge < -0.3 is 9.80 Å². The first-order chi connectivity index (χ1) is 35.4. The largest absolute Gasteiger partial charge is 0.311 e. The fourth-order valence-electron chi connectivity index (χ4n) is 9.14. The summed E-state index contributed by atoms with van der Waals surface area (Å²) in [6, 6.07) is 63.8. The summed E-state index contributed by atoms with van der Waals surface area (Å²) in [5.74, 6) is 0. The topological polar surface area (TPSA) is 6.48 Å². The highest BCUT2D eigenvalue weighted by atomic mass is 15.1. The summed E-state index contributed by atoms with van der Waals surface area (Å²) in [7, 11) is 0. The number of benzene rings is 10. The van der Waals surface area contributed by atoms with Gasteiger partial charge in [-0.25, -0.2) is 0 Å². The van der Waals surface area contributed by atoms with Gasteiger partial charge in [0.1, 0.15) is 0 Å². The van der Waals surface area contributed by atoms with E-state index in [2.05, 4.69) is 24.3 Å². The summed E-state index contributed by atoms with van der Waals surface area (Å²) >= 11 is 0. The number of anilines is 6. The second-order valence-corrected chi connectivity index (χ2v) is 15.4. The van der Waals surface area contributed by atoms with Crippen LogP contribution in [-0.2, 0) is 5.41 Å². The minimum atomic E-state index is -0.901. The van der Waals surface area contributed by atoms with Crippen molar-refractivity contribution in [1.82, 2.24) is 0 Å². The maximum Gasteiger partial charge on any atom is 0.0713 e. The van der Waals surface area contributed by atoms with Gasteiger partial charge in [0.2, 0.25) is 0 Å². The molecule has 0 spiro atoms. The number of hydrogen-bond acceptors (Lipinski definition) is 2. The fourth-order valence-corrected chi connectivity index (χ4v) is 9.14. The molecule has 0 saturated heterocycles. The Morgan fingerprint density at radius 1 is 0.270 bits per heavy atom. The SMILES string of the molecule is [2H]c1c([2H])c([2H])c(N(c2ccc(-c3ccccc3)cc2)c2ccc(C3(c4ccc(N(c5ccc(-c6ccccc6)cc5)c5c([2H])c([2H])c([2H])c([2H])c5[2H])cc4)c4ccccc4-c4ccccc43)cc2)c([2H])c1[2H]. The Morgan fingerprint density at radius 2 is 0.571 bits per heavy atom. The monoisotopic (exact) mass is 814 g/mol. The van der Waals surface area contributed by atoms with Gasteiger partial charge in [0.25, 0.3) is 0 Å². The van der Waals surface area contributed by atoms with Crippen LogP contribution in [0.15, 0.2) is 267 Å². The van der Waals surface area contributed by atoms with Gasteiger partial charge in [-0.15, -0.1) is 0 Å². The highest BCUT2D eigenvalue weighted by Crippen LogP contribution is 2.56. The first kappa shape index (κ1) is 28.3. The quantitative estimate of drug-likeness (QED) is 0.136. The van der Waals surface area contributed by atoms with Crippen LogP contribution in [-0.4, -0.2) is 0 Å². The zero-order chi connectivity index (χ0) is 50.7. The molecule has 298 valence electrons. The number of para-hydroxylation sites is 2. The highest BCUT2D eigenvalue weighted by Gasteiger charge is 2.46. The third-order valence-corrected chi connectivity index (χ3v) is 12.0. The number of rotatable bonds is 10. The van der Waals surface area contributed by atoms with E-state index in [1.807, 2.05) is 182 Å². The molecule has 0 amide bonds. The van der Waals surface area contributed by atoms with Crippen molar-refractivity contribution in [3.8, 4) is 33.4 Å². The molecule has 10 aromatic rings. The molecule has 0 aromatic heterocycles. The summed E-state index contributed by atoms with van der Waals surface area (Å²) in [6.45, 7) is 0. The van der Waals surface area contributed by atoms with E-state index < -0.39 is 41.7 Å². The summed E-state index contributed by atoms with van der Waals surface area (Å²) < 4.78 is 87.9. The molecule has 1 aliphatic rings. The fraction of sp³-hybridized carbons (Fsp3) is 0.0164. The van der Waals surface area contributed by atoms with Crippen LogP contribution in [0.1, 0.15) is 36.0 Å². The molecule has 0 N–H and O–H groups in total. The Labute approximate surface area is 384 Å². The average Bonchev–Trinajstić information content (AvgIpc) is 3.75. The summed E-state index contributed by atoms with van der Waals surface area (Å²) in [6.07, 6.45) is 0. The first-order valence-corrected chi connectivity index (χ1v) is 20.9. The molecule has 11 rings (SSSR count). The molecule has 0 unspecified atom stereocenters. The zero-order valence-electron chi connectivity index (χ0n) is 44.0. The lowest BCUT2D eigenvalue weighted by Gasteiger charge is -2.35. The molecule has 0 saturated carbocycles. The molecule has 0 heterocycles. The average molecular weight is 815 g/mol.